The molecule has 0 saturated heterocycles. The monoisotopic (exact) mass is 695 g/mol. The predicted octanol–water partition coefficient (Wildman–Crippen LogP) is 9.23. The van der Waals surface area contributed by atoms with E-state index in [0.29, 0.717) is 29.9 Å². The minimum atomic E-state index is -0.747. The second-order valence-corrected chi connectivity index (χ2v) is 16.8. The third kappa shape index (κ3) is 6.01. The standard InChI is InChI=1S/C43H50FNO6/c1-27-31-13-14-34-41(4,32(31)24-33(46)36(27)47)18-20-43(6)35-25-40(3,16-15-39(35,2)17-19-42(34,43)5)38(49)51-22-8-7-21-50-37(48)29(26-45)23-28-9-11-30(44)12-10-28/h9-14,23-24,35,47H,7-8,15-22,25H2,1-6H3/b29-23+/t35-,39-,40-,41+,42-,43+/m1/s1. The van der Waals surface area contributed by atoms with Gasteiger partial charge in [0.15, 0.2) is 5.76 Å². The Morgan fingerprint density at radius 1 is 0.961 bits per heavy atom. The highest BCUT2D eigenvalue weighted by atomic mass is 19.1. The summed E-state index contributed by atoms with van der Waals surface area (Å²) in [5.41, 5.74) is 3.35. The van der Waals surface area contributed by atoms with Crippen molar-refractivity contribution in [3.63, 3.8) is 0 Å². The first kappa shape index (κ1) is 36.5. The number of unbranched alkanes of at least 4 members (excludes halogenated alkanes) is 1. The van der Waals surface area contributed by atoms with Crippen LogP contribution >= 0.6 is 0 Å². The molecule has 0 aliphatic heterocycles. The maximum absolute atomic E-state index is 13.8. The van der Waals surface area contributed by atoms with Gasteiger partial charge in [-0.3, -0.25) is 9.59 Å². The number of fused-ring (bicyclic) bond motifs is 7. The molecule has 6 atom stereocenters. The Balaban J connectivity index is 1.09. The van der Waals surface area contributed by atoms with Crippen LogP contribution in [-0.2, 0) is 23.9 Å². The molecule has 5 aliphatic rings. The highest BCUT2D eigenvalue weighted by Gasteiger charge is 2.67. The van der Waals surface area contributed by atoms with Crippen LogP contribution in [0.25, 0.3) is 6.08 Å². The molecule has 5 aliphatic carbocycles. The van der Waals surface area contributed by atoms with Crippen molar-refractivity contribution in [2.45, 2.75) is 99.3 Å². The van der Waals surface area contributed by atoms with E-state index in [1.165, 1.54) is 35.9 Å². The van der Waals surface area contributed by atoms with E-state index < -0.39 is 17.2 Å². The summed E-state index contributed by atoms with van der Waals surface area (Å²) >= 11 is 0. The maximum atomic E-state index is 13.8. The number of nitrogens with zero attached hydrogens (tertiary/aromatic N) is 1. The Hall–Kier alpha value is -4.25. The Bertz CT molecular complexity index is 1860. The molecule has 1 aromatic carbocycles. The molecule has 0 radical (unpaired) electrons. The van der Waals surface area contributed by atoms with E-state index in [1.807, 2.05) is 13.0 Å². The quantitative estimate of drug-likeness (QED) is 0.125. The molecule has 3 saturated carbocycles. The van der Waals surface area contributed by atoms with E-state index >= 15 is 0 Å². The van der Waals surface area contributed by atoms with Gasteiger partial charge < -0.3 is 14.6 Å². The van der Waals surface area contributed by atoms with Crippen LogP contribution in [-0.4, -0.2) is 36.0 Å². The van der Waals surface area contributed by atoms with Gasteiger partial charge in [0, 0.05) is 11.0 Å². The van der Waals surface area contributed by atoms with Gasteiger partial charge in [-0.15, -0.1) is 0 Å². The molecule has 0 spiro atoms. The predicted molar refractivity (Wildman–Crippen MR) is 192 cm³/mol. The zero-order chi connectivity index (χ0) is 37.0. The number of rotatable bonds is 8. The van der Waals surface area contributed by atoms with Crippen LogP contribution in [0.2, 0.25) is 0 Å². The van der Waals surface area contributed by atoms with E-state index in [4.69, 9.17) is 9.47 Å². The molecule has 0 bridgehead atoms. The van der Waals surface area contributed by atoms with Gasteiger partial charge in [-0.05, 0) is 135 Å². The van der Waals surface area contributed by atoms with Crippen LogP contribution in [0.5, 0.6) is 0 Å². The van der Waals surface area contributed by atoms with Crippen LogP contribution in [0.1, 0.15) is 105 Å². The Labute approximate surface area is 301 Å². The maximum Gasteiger partial charge on any atom is 0.348 e. The lowest BCUT2D eigenvalue weighted by Crippen LogP contribution is -2.62. The number of esters is 2. The molecule has 1 N–H and O–H groups in total. The molecule has 6 rings (SSSR count). The number of hydrogen-bond acceptors (Lipinski definition) is 7. The minimum absolute atomic E-state index is 0.0673. The van der Waals surface area contributed by atoms with E-state index in [0.717, 1.165) is 56.1 Å². The SMILES string of the molecule is CC1=C(O)C(=O)C=C2C1=CC=C1[C@@]2(C)CC[C@@]2(C)[C@@H]3C[C@](C)(C(=O)OCCCCOC(=O)/C(C#N)=C/c4ccc(F)cc4)CC[C@]3(C)CC[C@]12C. The Kier molecular flexibility index (Phi) is 9.36. The summed E-state index contributed by atoms with van der Waals surface area (Å²) in [6, 6.07) is 7.31. The zero-order valence-electron chi connectivity index (χ0n) is 30.8. The van der Waals surface area contributed by atoms with Crippen molar-refractivity contribution in [3.8, 4) is 6.07 Å². The highest BCUT2D eigenvalue weighted by Crippen LogP contribution is 2.75. The average molecular weight is 696 g/mol. The molecular weight excluding hydrogens is 645 g/mol. The highest BCUT2D eigenvalue weighted by molar-refractivity contribution is 6.06. The second kappa shape index (κ2) is 13.1. The van der Waals surface area contributed by atoms with E-state index in [-0.39, 0.29) is 58.0 Å². The fourth-order valence-corrected chi connectivity index (χ4v) is 10.3. The van der Waals surface area contributed by atoms with Gasteiger partial charge in [0.05, 0.1) is 18.6 Å². The van der Waals surface area contributed by atoms with Gasteiger partial charge in [-0.25, -0.2) is 9.18 Å². The summed E-state index contributed by atoms with van der Waals surface area (Å²) in [7, 11) is 0. The van der Waals surface area contributed by atoms with Gasteiger partial charge in [0.1, 0.15) is 17.5 Å². The summed E-state index contributed by atoms with van der Waals surface area (Å²) in [5.74, 6) is -1.51. The number of aliphatic hydroxyl groups is 1. The number of nitriles is 1. The molecule has 270 valence electrons. The zero-order valence-corrected chi connectivity index (χ0v) is 30.8. The normalized spacial score (nSPS) is 34.4. The number of allylic oxidation sites excluding steroid dienone is 7. The van der Waals surface area contributed by atoms with Gasteiger partial charge in [0.2, 0.25) is 5.78 Å². The van der Waals surface area contributed by atoms with Crippen molar-refractivity contribution in [2.75, 3.05) is 13.2 Å². The van der Waals surface area contributed by atoms with E-state index in [9.17, 15) is 29.1 Å². The number of aliphatic hydroxyl groups excluding tert-OH is 1. The lowest BCUT2D eigenvalue weighted by molar-refractivity contribution is -0.182. The molecule has 7 nitrogen and oxygen atoms in total. The van der Waals surface area contributed by atoms with E-state index in [1.54, 1.807) is 6.08 Å². The minimum Gasteiger partial charge on any atom is -0.504 e. The van der Waals surface area contributed by atoms with Crippen molar-refractivity contribution in [2.24, 2.45) is 33.0 Å². The van der Waals surface area contributed by atoms with Crippen LogP contribution in [0, 0.1) is 50.1 Å². The molecule has 51 heavy (non-hydrogen) atoms. The molecule has 1 aromatic rings. The molecular formula is C43H50FNO6. The van der Waals surface area contributed by atoms with Gasteiger partial charge in [0.25, 0.3) is 0 Å². The van der Waals surface area contributed by atoms with Crippen LogP contribution in [0.4, 0.5) is 4.39 Å². The van der Waals surface area contributed by atoms with Crippen LogP contribution < -0.4 is 0 Å². The smallest absolute Gasteiger partial charge is 0.348 e. The molecule has 0 amide bonds. The lowest BCUT2D eigenvalue weighted by Gasteiger charge is -2.70. The molecule has 3 fully saturated rings. The summed E-state index contributed by atoms with van der Waals surface area (Å²) in [6.45, 7) is 13.7. The Morgan fingerprint density at radius 2 is 1.63 bits per heavy atom. The van der Waals surface area contributed by atoms with Crippen molar-refractivity contribution < 1.29 is 33.4 Å². The number of ether oxygens (including phenoxy) is 2. The third-order valence-electron chi connectivity index (χ3n) is 13.9. The first-order chi connectivity index (χ1) is 24.0. The number of ketones is 1. The Morgan fingerprint density at radius 3 is 2.31 bits per heavy atom. The van der Waals surface area contributed by atoms with Crippen molar-refractivity contribution in [1.29, 1.82) is 5.26 Å². The number of hydrogen-bond donors (Lipinski definition) is 1. The first-order valence-corrected chi connectivity index (χ1v) is 18.3. The van der Waals surface area contributed by atoms with Crippen molar-refractivity contribution in [3.05, 3.63) is 87.5 Å². The number of halogens is 1. The van der Waals surface area contributed by atoms with Gasteiger partial charge >= 0.3 is 11.9 Å². The number of carbonyl (C=O) groups is 3. The summed E-state index contributed by atoms with van der Waals surface area (Å²) < 4.78 is 24.4. The molecule has 8 heteroatoms. The van der Waals surface area contributed by atoms with Crippen LogP contribution in [0.3, 0.4) is 0 Å². The summed E-state index contributed by atoms with van der Waals surface area (Å²) in [5, 5.41) is 19.8. The lowest BCUT2D eigenvalue weighted by atomic mass is 9.34. The fraction of sp³-hybridized carbons (Fsp3) is 0.535. The number of carbonyl (C=O) groups excluding carboxylic acids is 3. The average Bonchev–Trinajstić information content (AvgIpc) is 3.10. The van der Waals surface area contributed by atoms with Crippen molar-refractivity contribution >= 4 is 23.8 Å². The fourth-order valence-electron chi connectivity index (χ4n) is 10.3. The first-order valence-electron chi connectivity index (χ1n) is 18.3. The van der Waals surface area contributed by atoms with E-state index in [2.05, 4.69) is 46.8 Å². The largest absolute Gasteiger partial charge is 0.504 e. The molecule has 0 unspecified atom stereocenters. The van der Waals surface area contributed by atoms with Gasteiger partial charge in [-0.2, -0.15) is 5.26 Å². The van der Waals surface area contributed by atoms with Crippen molar-refractivity contribution in [1.82, 2.24) is 0 Å². The number of benzene rings is 1. The summed E-state index contributed by atoms with van der Waals surface area (Å²) in [6.07, 6.45) is 14.9. The topological polar surface area (TPSA) is 114 Å². The summed E-state index contributed by atoms with van der Waals surface area (Å²) in [4.78, 5) is 39.0. The molecule has 0 heterocycles. The van der Waals surface area contributed by atoms with Gasteiger partial charge in [-0.1, -0.05) is 57.6 Å². The van der Waals surface area contributed by atoms with Crippen LogP contribution in [0.15, 0.2) is 76.1 Å². The second-order valence-electron chi connectivity index (χ2n) is 16.8. The molecule has 0 aromatic heterocycles. The third-order valence-corrected chi connectivity index (χ3v) is 13.9.